The van der Waals surface area contributed by atoms with Crippen LogP contribution in [0.25, 0.3) is 0 Å². The molecule has 2 aromatic rings. The highest BCUT2D eigenvalue weighted by atomic mass is 32.2. The topological polar surface area (TPSA) is 103 Å². The number of hydrogen-bond acceptors (Lipinski definition) is 6. The number of imidazole rings is 1. The summed E-state index contributed by atoms with van der Waals surface area (Å²) in [5.74, 6) is 7.10. The van der Waals surface area contributed by atoms with Gasteiger partial charge in [-0.3, -0.25) is 0 Å². The molecule has 2 N–H and O–H groups in total. The van der Waals surface area contributed by atoms with Gasteiger partial charge in [-0.25, -0.2) is 18.1 Å². The van der Waals surface area contributed by atoms with E-state index in [0.717, 1.165) is 24.8 Å². The fraction of sp³-hybridized carbons (Fsp3) is 0.577. The van der Waals surface area contributed by atoms with E-state index in [-0.39, 0.29) is 36.0 Å². The van der Waals surface area contributed by atoms with E-state index in [9.17, 15) is 13.5 Å². The Bertz CT molecular complexity index is 1180. The molecule has 3 aliphatic rings. The molecular weight excluding hydrogens is 466 g/mol. The molecule has 0 amide bonds. The Kier molecular flexibility index (Phi) is 7.28. The zero-order chi connectivity index (χ0) is 24.4. The van der Waals surface area contributed by atoms with Gasteiger partial charge in [-0.2, -0.15) is 0 Å². The maximum atomic E-state index is 13.0. The van der Waals surface area contributed by atoms with Crippen molar-refractivity contribution in [2.45, 2.75) is 80.4 Å². The average Bonchev–Trinajstić information content (AvgIpc) is 3.58. The third-order valence-corrected chi connectivity index (χ3v) is 8.35. The highest BCUT2D eigenvalue weighted by Crippen LogP contribution is 2.33. The Morgan fingerprint density at radius 3 is 2.63 bits per heavy atom. The number of nitrogens with one attached hydrogen (secondary N) is 1. The average molecular weight is 500 g/mol. The SMILES string of the molecule is Cn1cnc(S(=O)(=O)N[C@H]2C[C@@H]3O[C@H](CO)CC[C@@H]3O[C@@H]2CCc2ccc(C#CC3CC3)cc2)c1. The lowest BCUT2D eigenvalue weighted by Crippen LogP contribution is -2.57. The summed E-state index contributed by atoms with van der Waals surface area (Å²) in [5.41, 5.74) is 2.19. The molecule has 35 heavy (non-hydrogen) atoms. The number of aryl methyl sites for hydroxylation is 2. The summed E-state index contributed by atoms with van der Waals surface area (Å²) in [7, 11) is -2.07. The summed E-state index contributed by atoms with van der Waals surface area (Å²) in [4.78, 5) is 4.01. The number of ether oxygens (including phenoxy) is 2. The maximum Gasteiger partial charge on any atom is 0.259 e. The van der Waals surface area contributed by atoms with Gasteiger partial charge in [0, 0.05) is 24.7 Å². The molecule has 3 heterocycles. The second kappa shape index (κ2) is 10.4. The monoisotopic (exact) mass is 499 g/mol. The lowest BCUT2D eigenvalue weighted by atomic mass is 9.89. The summed E-state index contributed by atoms with van der Waals surface area (Å²) in [6, 6.07) is 7.82. The smallest absolute Gasteiger partial charge is 0.259 e. The molecule has 0 radical (unpaired) electrons. The fourth-order valence-corrected chi connectivity index (χ4v) is 6.07. The van der Waals surface area contributed by atoms with Gasteiger partial charge in [0.25, 0.3) is 10.0 Å². The van der Waals surface area contributed by atoms with Gasteiger partial charge in [0.2, 0.25) is 0 Å². The van der Waals surface area contributed by atoms with Crippen LogP contribution >= 0.6 is 0 Å². The van der Waals surface area contributed by atoms with Crippen LogP contribution in [0.5, 0.6) is 0 Å². The van der Waals surface area contributed by atoms with E-state index in [1.165, 1.54) is 30.9 Å². The fourth-order valence-electron chi connectivity index (χ4n) is 4.81. The lowest BCUT2D eigenvalue weighted by molar-refractivity contribution is -0.200. The molecule has 1 aromatic carbocycles. The number of sulfonamides is 1. The number of fused-ring (bicyclic) bond motifs is 1. The van der Waals surface area contributed by atoms with Crippen molar-refractivity contribution in [1.82, 2.24) is 14.3 Å². The molecule has 0 unspecified atom stereocenters. The van der Waals surface area contributed by atoms with E-state index >= 15 is 0 Å². The predicted octanol–water partition coefficient (Wildman–Crippen LogP) is 2.16. The second-order valence-electron chi connectivity index (χ2n) is 9.89. The van der Waals surface area contributed by atoms with Crippen LogP contribution in [-0.2, 0) is 33.0 Å². The molecule has 188 valence electrons. The number of benzene rings is 1. The zero-order valence-electron chi connectivity index (χ0n) is 20.0. The number of aliphatic hydroxyl groups is 1. The molecule has 3 fully saturated rings. The Morgan fingerprint density at radius 1 is 1.14 bits per heavy atom. The Morgan fingerprint density at radius 2 is 1.94 bits per heavy atom. The normalized spacial score (nSPS) is 28.7. The molecule has 1 aliphatic carbocycles. The summed E-state index contributed by atoms with van der Waals surface area (Å²) in [6.07, 6.45) is 7.96. The number of aromatic nitrogens is 2. The largest absolute Gasteiger partial charge is 0.394 e. The summed E-state index contributed by atoms with van der Waals surface area (Å²) >= 11 is 0. The van der Waals surface area contributed by atoms with Crippen LogP contribution in [-0.4, -0.2) is 60.1 Å². The quantitative estimate of drug-likeness (QED) is 0.566. The van der Waals surface area contributed by atoms with Crippen LogP contribution in [0.1, 0.15) is 49.7 Å². The van der Waals surface area contributed by atoms with Crippen LogP contribution in [0.2, 0.25) is 0 Å². The van der Waals surface area contributed by atoms with Crippen molar-refractivity contribution in [1.29, 1.82) is 0 Å². The first-order valence-electron chi connectivity index (χ1n) is 12.4. The van der Waals surface area contributed by atoms with E-state index in [4.69, 9.17) is 9.47 Å². The molecule has 1 aromatic heterocycles. The number of hydrogen-bond donors (Lipinski definition) is 2. The zero-order valence-corrected chi connectivity index (χ0v) is 20.8. The lowest BCUT2D eigenvalue weighted by Gasteiger charge is -2.45. The molecule has 5 atom stereocenters. The second-order valence-corrected chi connectivity index (χ2v) is 11.6. The molecule has 0 spiro atoms. The highest BCUT2D eigenvalue weighted by molar-refractivity contribution is 7.89. The molecule has 2 saturated heterocycles. The minimum absolute atomic E-state index is 0.0124. The van der Waals surface area contributed by atoms with Gasteiger partial charge < -0.3 is 19.1 Å². The van der Waals surface area contributed by atoms with Gasteiger partial charge >= 0.3 is 0 Å². The first-order valence-corrected chi connectivity index (χ1v) is 13.9. The first-order chi connectivity index (χ1) is 16.9. The third kappa shape index (κ3) is 6.13. The van der Waals surface area contributed by atoms with Crippen LogP contribution in [0, 0.1) is 17.8 Å². The van der Waals surface area contributed by atoms with Gasteiger partial charge in [0.05, 0.1) is 43.4 Å². The van der Waals surface area contributed by atoms with Gasteiger partial charge in [0.1, 0.15) is 0 Å². The van der Waals surface area contributed by atoms with Crippen LogP contribution in [0.4, 0.5) is 0 Å². The van der Waals surface area contributed by atoms with Gasteiger partial charge in [-0.05, 0) is 62.6 Å². The van der Waals surface area contributed by atoms with Crippen LogP contribution in [0.15, 0.2) is 41.8 Å². The van der Waals surface area contributed by atoms with Crippen molar-refractivity contribution in [3.63, 3.8) is 0 Å². The summed E-state index contributed by atoms with van der Waals surface area (Å²) < 4.78 is 42.9. The summed E-state index contributed by atoms with van der Waals surface area (Å²) in [6.45, 7) is -0.0436. The van der Waals surface area contributed by atoms with E-state index < -0.39 is 16.1 Å². The number of nitrogens with zero attached hydrogens (tertiary/aromatic N) is 2. The van der Waals surface area contributed by atoms with Crippen LogP contribution in [0.3, 0.4) is 0 Å². The molecule has 8 nitrogen and oxygen atoms in total. The van der Waals surface area contributed by atoms with Crippen LogP contribution < -0.4 is 4.72 Å². The van der Waals surface area contributed by atoms with Gasteiger partial charge in [0.15, 0.2) is 5.03 Å². The Labute approximate surface area is 207 Å². The predicted molar refractivity (Wildman–Crippen MR) is 130 cm³/mol. The summed E-state index contributed by atoms with van der Waals surface area (Å²) in [5, 5.41) is 9.52. The van der Waals surface area contributed by atoms with Crippen molar-refractivity contribution < 1.29 is 23.0 Å². The van der Waals surface area contributed by atoms with E-state index in [2.05, 4.69) is 33.7 Å². The van der Waals surface area contributed by atoms with Gasteiger partial charge in [-0.1, -0.05) is 24.0 Å². The maximum absolute atomic E-state index is 13.0. The van der Waals surface area contributed by atoms with Crippen molar-refractivity contribution in [2.24, 2.45) is 13.0 Å². The molecule has 1 saturated carbocycles. The first kappa shape index (κ1) is 24.5. The van der Waals surface area contributed by atoms with Gasteiger partial charge in [-0.15, -0.1) is 0 Å². The number of rotatable bonds is 7. The van der Waals surface area contributed by atoms with Crippen molar-refractivity contribution in [3.8, 4) is 11.8 Å². The number of aliphatic hydroxyl groups excluding tert-OH is 1. The van der Waals surface area contributed by atoms with Crippen molar-refractivity contribution in [3.05, 3.63) is 47.9 Å². The minimum Gasteiger partial charge on any atom is -0.394 e. The van der Waals surface area contributed by atoms with E-state index in [1.54, 1.807) is 11.6 Å². The van der Waals surface area contributed by atoms with E-state index in [1.807, 2.05) is 12.1 Å². The standard InChI is InChI=1S/C26H33N3O5S/c1-29-15-26(27-17-29)35(31,32)28-22-14-25-24(13-11-21(16-30)33-25)34-23(22)12-10-20-8-6-19(7-9-20)5-4-18-2-3-18/h6-9,15,17-18,21-25,28,30H,2-3,10-14,16H2,1H3/t21-,22-,23+,24-,25-/m0/s1. The van der Waals surface area contributed by atoms with E-state index in [0.29, 0.717) is 18.8 Å². The third-order valence-electron chi connectivity index (χ3n) is 6.98. The minimum atomic E-state index is -3.81. The molecule has 5 rings (SSSR count). The Hall–Kier alpha value is -2.22. The molecular formula is C26H33N3O5S. The Balaban J connectivity index is 1.28. The molecule has 2 aliphatic heterocycles. The van der Waals surface area contributed by atoms with Crippen molar-refractivity contribution >= 4 is 10.0 Å². The molecule has 9 heteroatoms. The van der Waals surface area contributed by atoms with Crippen molar-refractivity contribution in [2.75, 3.05) is 6.61 Å². The molecule has 0 bridgehead atoms. The highest BCUT2D eigenvalue weighted by Gasteiger charge is 2.43.